The van der Waals surface area contributed by atoms with E-state index < -0.39 is 36.4 Å². The van der Waals surface area contributed by atoms with E-state index in [1.54, 1.807) is 0 Å². The van der Waals surface area contributed by atoms with Gasteiger partial charge in [0.25, 0.3) is 0 Å². The van der Waals surface area contributed by atoms with E-state index in [-0.39, 0.29) is 12.8 Å². The molecule has 0 aliphatic carbocycles. The molecule has 0 aliphatic rings. The number of aliphatic hydroxyl groups excluding tert-OH is 4. The number of carbonyl (C=O) groups excluding carboxylic acids is 2. The number of ether oxygens (including phenoxy) is 1. The van der Waals surface area contributed by atoms with Gasteiger partial charge in [0.2, 0.25) is 0 Å². The minimum atomic E-state index is -1.86. The van der Waals surface area contributed by atoms with Crippen LogP contribution < -0.4 is 0 Å². The average Bonchev–Trinajstić information content (AvgIpc) is 3.03. The van der Waals surface area contributed by atoms with Crippen molar-refractivity contribution in [1.29, 1.82) is 0 Å². The number of unbranched alkanes of at least 4 members (excludes halogenated alkanes) is 26. The van der Waals surface area contributed by atoms with Crippen LogP contribution in [0, 0.1) is 0 Å². The normalized spacial score (nSPS) is 14.3. The summed E-state index contributed by atoms with van der Waals surface area (Å²) in [6.07, 6.45) is 28.0. The van der Waals surface area contributed by atoms with Crippen molar-refractivity contribution in [2.75, 3.05) is 0 Å². The molecule has 0 spiro atoms. The first-order valence-corrected chi connectivity index (χ1v) is 19.3. The highest BCUT2D eigenvalue weighted by atomic mass is 16.6. The van der Waals surface area contributed by atoms with E-state index >= 15 is 0 Å². The lowest BCUT2D eigenvalue weighted by molar-refractivity contribution is -0.178. The molecule has 268 valence electrons. The summed E-state index contributed by atoms with van der Waals surface area (Å²) in [7, 11) is 0. The Morgan fingerprint density at radius 3 is 0.800 bits per heavy atom. The molecule has 0 aromatic rings. The van der Waals surface area contributed by atoms with Gasteiger partial charge < -0.3 is 25.2 Å². The minimum Gasteiger partial charge on any atom is -0.390 e. The first kappa shape index (κ1) is 44.0. The monoisotopic (exact) mass is 643 g/mol. The summed E-state index contributed by atoms with van der Waals surface area (Å²) in [4.78, 5) is 24.2. The number of aliphatic hydroxyl groups is 4. The van der Waals surface area contributed by atoms with Gasteiger partial charge in [0, 0.05) is 0 Å². The SMILES string of the molecule is CCCCCCCCCCCCCCCCC(O)C(O)C(=O)OC(=O)C(O)C(O)CCCCCCCCCCCCCCCC. The number of hydrogen-bond donors (Lipinski definition) is 4. The van der Waals surface area contributed by atoms with Gasteiger partial charge in [-0.15, -0.1) is 0 Å². The Balaban J connectivity index is 3.77. The van der Waals surface area contributed by atoms with Crippen LogP contribution in [0.25, 0.3) is 0 Å². The van der Waals surface area contributed by atoms with E-state index in [0.29, 0.717) is 12.8 Å². The van der Waals surface area contributed by atoms with Crippen molar-refractivity contribution in [3.63, 3.8) is 0 Å². The van der Waals surface area contributed by atoms with Crippen LogP contribution in [0.1, 0.15) is 206 Å². The highest BCUT2D eigenvalue weighted by Crippen LogP contribution is 2.17. The molecule has 4 unspecified atom stereocenters. The Bertz CT molecular complexity index is 602. The summed E-state index contributed by atoms with van der Waals surface area (Å²) < 4.78 is 4.57. The molecule has 0 aliphatic heterocycles. The van der Waals surface area contributed by atoms with Gasteiger partial charge >= 0.3 is 11.9 Å². The van der Waals surface area contributed by atoms with Crippen LogP contribution in [0.2, 0.25) is 0 Å². The van der Waals surface area contributed by atoms with Crippen molar-refractivity contribution in [3.8, 4) is 0 Å². The molecule has 0 aromatic carbocycles. The second kappa shape index (κ2) is 32.9. The summed E-state index contributed by atoms with van der Waals surface area (Å²) in [6.45, 7) is 4.49. The Kier molecular flexibility index (Phi) is 32.2. The number of rotatable bonds is 34. The third-order valence-electron chi connectivity index (χ3n) is 9.12. The van der Waals surface area contributed by atoms with Crippen LogP contribution in [0.15, 0.2) is 0 Å². The highest BCUT2D eigenvalue weighted by Gasteiger charge is 2.32. The minimum absolute atomic E-state index is 0.229. The van der Waals surface area contributed by atoms with Crippen molar-refractivity contribution in [2.45, 2.75) is 231 Å². The van der Waals surface area contributed by atoms with E-state index in [9.17, 15) is 30.0 Å². The maximum absolute atomic E-state index is 12.1. The quantitative estimate of drug-likeness (QED) is 0.0313. The van der Waals surface area contributed by atoms with E-state index in [1.807, 2.05) is 0 Å². The van der Waals surface area contributed by atoms with Crippen LogP contribution in [0.4, 0.5) is 0 Å². The number of hydrogen-bond acceptors (Lipinski definition) is 7. The van der Waals surface area contributed by atoms with Crippen LogP contribution in [-0.4, -0.2) is 56.8 Å². The third kappa shape index (κ3) is 27.8. The second-order valence-corrected chi connectivity index (χ2v) is 13.5. The predicted octanol–water partition coefficient (Wildman–Crippen LogP) is 9.24. The Labute approximate surface area is 277 Å². The molecule has 45 heavy (non-hydrogen) atoms. The zero-order chi connectivity index (χ0) is 33.4. The molecule has 7 nitrogen and oxygen atoms in total. The lowest BCUT2D eigenvalue weighted by atomic mass is 10.0. The highest BCUT2D eigenvalue weighted by molar-refractivity contribution is 5.90. The van der Waals surface area contributed by atoms with Gasteiger partial charge in [0.15, 0.2) is 12.2 Å². The molecule has 0 saturated carbocycles. The molecule has 0 amide bonds. The molecule has 4 atom stereocenters. The molecular weight excluding hydrogens is 568 g/mol. The van der Waals surface area contributed by atoms with E-state index in [2.05, 4.69) is 18.6 Å². The fraction of sp³-hybridized carbons (Fsp3) is 0.947. The van der Waals surface area contributed by atoms with Gasteiger partial charge in [0.1, 0.15) is 0 Å². The van der Waals surface area contributed by atoms with Crippen molar-refractivity contribution < 1.29 is 34.8 Å². The zero-order valence-corrected chi connectivity index (χ0v) is 29.5. The van der Waals surface area contributed by atoms with Crippen molar-refractivity contribution in [3.05, 3.63) is 0 Å². The number of esters is 2. The summed E-state index contributed by atoms with van der Waals surface area (Å²) >= 11 is 0. The second-order valence-electron chi connectivity index (χ2n) is 13.5. The zero-order valence-electron chi connectivity index (χ0n) is 29.5. The summed E-state index contributed by atoms with van der Waals surface area (Å²) in [6, 6.07) is 0. The van der Waals surface area contributed by atoms with E-state index in [0.717, 1.165) is 38.5 Å². The fourth-order valence-corrected chi connectivity index (χ4v) is 5.95. The first-order valence-electron chi connectivity index (χ1n) is 19.3. The molecule has 4 N–H and O–H groups in total. The maximum Gasteiger partial charge on any atom is 0.345 e. The van der Waals surface area contributed by atoms with Gasteiger partial charge in [-0.3, -0.25) is 0 Å². The molecule has 0 bridgehead atoms. The lowest BCUT2D eigenvalue weighted by Gasteiger charge is -2.19. The molecule has 0 heterocycles. The van der Waals surface area contributed by atoms with Crippen molar-refractivity contribution in [1.82, 2.24) is 0 Å². The molecule has 0 aromatic heterocycles. The third-order valence-corrected chi connectivity index (χ3v) is 9.12. The Morgan fingerprint density at radius 2 is 0.578 bits per heavy atom. The largest absolute Gasteiger partial charge is 0.390 e. The van der Waals surface area contributed by atoms with Crippen LogP contribution in [0.3, 0.4) is 0 Å². The van der Waals surface area contributed by atoms with Crippen LogP contribution in [0.5, 0.6) is 0 Å². The first-order chi connectivity index (χ1) is 21.8. The molecule has 0 saturated heterocycles. The predicted molar refractivity (Wildman–Crippen MR) is 185 cm³/mol. The summed E-state index contributed by atoms with van der Waals surface area (Å²) in [5.74, 6) is -2.58. The van der Waals surface area contributed by atoms with Gasteiger partial charge in [-0.25, -0.2) is 9.59 Å². The van der Waals surface area contributed by atoms with Gasteiger partial charge in [0.05, 0.1) is 12.2 Å². The van der Waals surface area contributed by atoms with E-state index in [4.69, 9.17) is 0 Å². The molecule has 7 heteroatoms. The lowest BCUT2D eigenvalue weighted by Crippen LogP contribution is -2.41. The summed E-state index contributed by atoms with van der Waals surface area (Å²) in [5, 5.41) is 40.5. The topological polar surface area (TPSA) is 124 Å². The smallest absolute Gasteiger partial charge is 0.345 e. The van der Waals surface area contributed by atoms with Gasteiger partial charge in [-0.2, -0.15) is 0 Å². The van der Waals surface area contributed by atoms with Crippen LogP contribution in [-0.2, 0) is 14.3 Å². The van der Waals surface area contributed by atoms with Crippen molar-refractivity contribution in [2.24, 2.45) is 0 Å². The number of carbonyl (C=O) groups is 2. The Hall–Kier alpha value is -1.02. The molecule has 0 rings (SSSR count). The summed E-state index contributed by atoms with van der Waals surface area (Å²) in [5.41, 5.74) is 0. The average molecular weight is 643 g/mol. The fourth-order valence-electron chi connectivity index (χ4n) is 5.95. The molecule has 0 radical (unpaired) electrons. The Morgan fingerprint density at radius 1 is 0.378 bits per heavy atom. The maximum atomic E-state index is 12.1. The van der Waals surface area contributed by atoms with Crippen molar-refractivity contribution >= 4 is 11.9 Å². The van der Waals surface area contributed by atoms with Gasteiger partial charge in [-0.05, 0) is 12.8 Å². The van der Waals surface area contributed by atoms with E-state index in [1.165, 1.54) is 128 Å². The molecular formula is C38H74O7. The standard InChI is InChI=1S/C38H74O7/c1-3-5-7-9-11-13-15-17-19-21-23-25-27-29-31-33(39)35(41)37(43)45-38(44)36(42)34(40)32-30-28-26-24-22-20-18-16-14-12-10-8-6-4-2/h33-36,39-42H,3-32H2,1-2H3. The van der Waals surface area contributed by atoms with Crippen LogP contribution >= 0.6 is 0 Å². The molecule has 0 fully saturated rings. The van der Waals surface area contributed by atoms with Gasteiger partial charge in [-0.1, -0.05) is 194 Å².